The van der Waals surface area contributed by atoms with Crippen LogP contribution in [0.15, 0.2) is 77.4 Å². The van der Waals surface area contributed by atoms with Gasteiger partial charge in [0.1, 0.15) is 11.3 Å². The number of allylic oxidation sites excluding steroid dienone is 1. The highest BCUT2D eigenvalue weighted by Crippen LogP contribution is 2.38. The van der Waals surface area contributed by atoms with Crippen molar-refractivity contribution < 1.29 is 13.9 Å². The Kier molecular flexibility index (Phi) is 6.53. The Morgan fingerprint density at radius 3 is 2.59 bits per heavy atom. The monoisotopic (exact) mass is 490 g/mol. The molecule has 2 heterocycles. The molecule has 37 heavy (non-hydrogen) atoms. The zero-order chi connectivity index (χ0) is 26.1. The quantitative estimate of drug-likeness (QED) is 0.245. The largest absolute Gasteiger partial charge is 0.493 e. The molecule has 0 aliphatic heterocycles. The van der Waals surface area contributed by atoms with Crippen LogP contribution in [0, 0.1) is 20.8 Å². The van der Waals surface area contributed by atoms with Crippen LogP contribution in [-0.4, -0.2) is 17.5 Å². The highest BCUT2D eigenvalue weighted by atomic mass is 16.5. The third kappa shape index (κ3) is 4.85. The number of aryl methyl sites for hydroxylation is 3. The molecule has 5 heteroatoms. The average molecular weight is 491 g/mol. The van der Waals surface area contributed by atoms with E-state index in [-0.39, 0.29) is 5.91 Å². The minimum Gasteiger partial charge on any atom is -0.493 e. The second-order valence-corrected chi connectivity index (χ2v) is 9.39. The lowest BCUT2D eigenvalue weighted by atomic mass is 9.96. The van der Waals surface area contributed by atoms with Crippen molar-refractivity contribution in [2.24, 2.45) is 0 Å². The van der Waals surface area contributed by atoms with Gasteiger partial charge in [-0.3, -0.25) is 9.78 Å². The van der Waals surface area contributed by atoms with E-state index in [9.17, 15) is 4.79 Å². The maximum atomic E-state index is 13.1. The number of rotatable bonds is 6. The van der Waals surface area contributed by atoms with E-state index in [2.05, 4.69) is 48.4 Å². The van der Waals surface area contributed by atoms with E-state index in [1.807, 2.05) is 57.2 Å². The Hall–Kier alpha value is -4.38. The van der Waals surface area contributed by atoms with Gasteiger partial charge in [-0.25, -0.2) is 0 Å². The van der Waals surface area contributed by atoms with Crippen LogP contribution in [0.1, 0.15) is 36.2 Å². The van der Waals surface area contributed by atoms with Crippen LogP contribution < -0.4 is 10.1 Å². The van der Waals surface area contributed by atoms with Gasteiger partial charge < -0.3 is 14.5 Å². The molecule has 0 atom stereocenters. The zero-order valence-electron chi connectivity index (χ0n) is 21.8. The summed E-state index contributed by atoms with van der Waals surface area (Å²) in [5.41, 5.74) is 9.38. The summed E-state index contributed by atoms with van der Waals surface area (Å²) in [5.74, 6) is 0.473. The number of nitrogens with one attached hydrogen (secondary N) is 1. The van der Waals surface area contributed by atoms with Crippen molar-refractivity contribution in [3.8, 4) is 16.9 Å². The van der Waals surface area contributed by atoms with Crippen molar-refractivity contribution in [1.82, 2.24) is 4.98 Å². The first kappa shape index (κ1) is 24.3. The van der Waals surface area contributed by atoms with Crippen molar-refractivity contribution >= 4 is 39.0 Å². The fourth-order valence-electron chi connectivity index (χ4n) is 4.82. The van der Waals surface area contributed by atoms with Gasteiger partial charge >= 0.3 is 0 Å². The van der Waals surface area contributed by atoms with Gasteiger partial charge in [-0.15, -0.1) is 0 Å². The van der Waals surface area contributed by atoms with Gasteiger partial charge in [0.2, 0.25) is 5.91 Å². The zero-order valence-corrected chi connectivity index (χ0v) is 21.8. The summed E-state index contributed by atoms with van der Waals surface area (Å²) in [6.07, 6.45) is 3.41. The van der Waals surface area contributed by atoms with Gasteiger partial charge in [0, 0.05) is 39.7 Å². The molecule has 5 aromatic rings. The van der Waals surface area contributed by atoms with Crippen molar-refractivity contribution in [3.63, 3.8) is 0 Å². The molecule has 0 aliphatic carbocycles. The van der Waals surface area contributed by atoms with Crippen LogP contribution in [0.5, 0.6) is 5.75 Å². The van der Waals surface area contributed by atoms with E-state index in [4.69, 9.17) is 9.15 Å². The predicted octanol–water partition coefficient (Wildman–Crippen LogP) is 8.01. The maximum absolute atomic E-state index is 13.1. The molecule has 5 rings (SSSR count). The molecular weight excluding hydrogens is 460 g/mol. The van der Waals surface area contributed by atoms with Crippen LogP contribution in [0.3, 0.4) is 0 Å². The van der Waals surface area contributed by atoms with E-state index < -0.39 is 0 Å². The minimum absolute atomic E-state index is 0.211. The molecule has 0 saturated heterocycles. The smallest absolute Gasteiger partial charge is 0.248 e. The lowest BCUT2D eigenvalue weighted by Gasteiger charge is -2.13. The summed E-state index contributed by atoms with van der Waals surface area (Å²) >= 11 is 0. The van der Waals surface area contributed by atoms with E-state index in [0.717, 1.165) is 55.5 Å². The second-order valence-electron chi connectivity index (χ2n) is 9.39. The fraction of sp³-hybridized carbons (Fsp3) is 0.188. The average Bonchev–Trinajstić information content (AvgIpc) is 3.26. The summed E-state index contributed by atoms with van der Waals surface area (Å²) < 4.78 is 11.9. The van der Waals surface area contributed by atoms with Gasteiger partial charge in [-0.1, -0.05) is 42.0 Å². The van der Waals surface area contributed by atoms with Gasteiger partial charge in [-0.2, -0.15) is 0 Å². The Morgan fingerprint density at radius 2 is 1.81 bits per heavy atom. The van der Waals surface area contributed by atoms with Crippen LogP contribution in [0.2, 0.25) is 0 Å². The number of anilines is 1. The standard InChI is InChI=1S/C32H30N2O3/c1-6-36-30-17-31-26(27(18-37-31)23-12-11-19(2)13-20(23)3)16-25(30)21(4)14-32(35)34-29-15-22(5)33-28-10-8-7-9-24(28)29/h7-18H,6H2,1-5H3,(H,33,34,35)/b21-14+. The molecule has 5 nitrogen and oxygen atoms in total. The lowest BCUT2D eigenvalue weighted by molar-refractivity contribution is -0.111. The van der Waals surface area contributed by atoms with E-state index in [1.54, 1.807) is 12.3 Å². The summed E-state index contributed by atoms with van der Waals surface area (Å²) in [5, 5.41) is 4.93. The number of ether oxygens (including phenoxy) is 1. The van der Waals surface area contributed by atoms with Crippen LogP contribution in [0.25, 0.3) is 38.6 Å². The number of aromatic nitrogens is 1. The first-order chi connectivity index (χ1) is 17.8. The summed E-state index contributed by atoms with van der Waals surface area (Å²) in [4.78, 5) is 17.7. The number of hydrogen-bond acceptors (Lipinski definition) is 4. The number of para-hydroxylation sites is 1. The van der Waals surface area contributed by atoms with Crippen LogP contribution >= 0.6 is 0 Å². The van der Waals surface area contributed by atoms with E-state index in [1.165, 1.54) is 11.1 Å². The van der Waals surface area contributed by atoms with Crippen molar-refractivity contribution in [2.75, 3.05) is 11.9 Å². The first-order valence-corrected chi connectivity index (χ1v) is 12.5. The van der Waals surface area contributed by atoms with Gasteiger partial charge in [-0.05, 0) is 69.5 Å². The summed E-state index contributed by atoms with van der Waals surface area (Å²) in [6, 6.07) is 20.1. The second kappa shape index (κ2) is 9.94. The van der Waals surface area contributed by atoms with Gasteiger partial charge in [0.15, 0.2) is 0 Å². The summed E-state index contributed by atoms with van der Waals surface area (Å²) in [7, 11) is 0. The molecule has 0 radical (unpaired) electrons. The van der Waals surface area contributed by atoms with E-state index >= 15 is 0 Å². The minimum atomic E-state index is -0.211. The van der Waals surface area contributed by atoms with Crippen LogP contribution in [0.4, 0.5) is 5.69 Å². The number of fused-ring (bicyclic) bond motifs is 2. The van der Waals surface area contributed by atoms with Crippen molar-refractivity contribution in [1.29, 1.82) is 0 Å². The highest BCUT2D eigenvalue weighted by Gasteiger charge is 2.17. The molecule has 0 unspecified atom stereocenters. The topological polar surface area (TPSA) is 64.4 Å². The number of carbonyl (C=O) groups is 1. The molecule has 2 aromatic heterocycles. The highest BCUT2D eigenvalue weighted by molar-refractivity contribution is 6.09. The predicted molar refractivity (Wildman–Crippen MR) is 151 cm³/mol. The molecule has 0 bridgehead atoms. The van der Waals surface area contributed by atoms with Gasteiger partial charge in [0.05, 0.1) is 24.1 Å². The number of benzene rings is 3. The summed E-state index contributed by atoms with van der Waals surface area (Å²) in [6.45, 7) is 10.5. The molecule has 0 spiro atoms. The van der Waals surface area contributed by atoms with Crippen molar-refractivity contribution in [3.05, 3.63) is 95.4 Å². The molecule has 0 aliphatic rings. The Balaban J connectivity index is 1.54. The molecule has 0 fully saturated rings. The number of furan rings is 1. The van der Waals surface area contributed by atoms with Gasteiger partial charge in [0.25, 0.3) is 0 Å². The Bertz CT molecular complexity index is 1680. The third-order valence-electron chi connectivity index (χ3n) is 6.52. The lowest BCUT2D eigenvalue weighted by Crippen LogP contribution is -2.10. The molecule has 1 N–H and O–H groups in total. The number of pyridine rings is 1. The fourth-order valence-corrected chi connectivity index (χ4v) is 4.82. The van der Waals surface area contributed by atoms with E-state index in [0.29, 0.717) is 12.4 Å². The SMILES string of the molecule is CCOc1cc2occ(-c3ccc(C)cc3C)c2cc1/C(C)=C/C(=O)Nc1cc(C)nc2ccccc12. The number of hydrogen-bond donors (Lipinski definition) is 1. The van der Waals surface area contributed by atoms with Crippen LogP contribution in [-0.2, 0) is 4.79 Å². The number of nitrogens with zero attached hydrogens (tertiary/aromatic N) is 1. The Morgan fingerprint density at radius 1 is 1.00 bits per heavy atom. The number of carbonyl (C=O) groups excluding carboxylic acids is 1. The molecule has 1 amide bonds. The molecule has 186 valence electrons. The number of amides is 1. The third-order valence-corrected chi connectivity index (χ3v) is 6.52. The molecular formula is C32H30N2O3. The van der Waals surface area contributed by atoms with Crippen molar-refractivity contribution in [2.45, 2.75) is 34.6 Å². The Labute approximate surface area is 216 Å². The molecule has 3 aromatic carbocycles. The first-order valence-electron chi connectivity index (χ1n) is 12.5. The maximum Gasteiger partial charge on any atom is 0.248 e. The normalized spacial score (nSPS) is 11.8. The molecule has 0 saturated carbocycles.